The first-order chi connectivity index (χ1) is 26.7. The predicted molar refractivity (Wildman–Crippen MR) is 219 cm³/mol. The number of rotatable bonds is 24. The molecule has 4 rings (SSSR count). The minimum atomic E-state index is -1.55. The number of benzene rings is 3. The lowest BCUT2D eigenvalue weighted by molar-refractivity contribution is -0.0673. The van der Waals surface area contributed by atoms with Crippen molar-refractivity contribution in [2.45, 2.75) is 83.3 Å². The SMILES string of the molecule is [3H]C1CC(OP(OCCC#N)N(C(C)C)C(C)C)C(COC(c2ccccc2)(c2ccc(OCC/C=C/C=C)cc2)c2ccc(OCC/C=C/C=C)cc2)O1. The minimum absolute atomic E-state index is 0.126. The molecule has 288 valence electrons. The molecular weight excluding hydrogens is 695 g/mol. The Labute approximate surface area is 326 Å². The minimum Gasteiger partial charge on any atom is -0.493 e. The van der Waals surface area contributed by atoms with Crippen molar-refractivity contribution in [2.75, 3.05) is 33.0 Å². The first-order valence-electron chi connectivity index (χ1n) is 19.3. The Morgan fingerprint density at radius 3 is 1.89 bits per heavy atom. The molecule has 4 atom stereocenters. The van der Waals surface area contributed by atoms with Gasteiger partial charge in [-0.2, -0.15) is 5.26 Å². The van der Waals surface area contributed by atoms with Crippen LogP contribution in [0.4, 0.5) is 0 Å². The molecule has 0 spiro atoms. The summed E-state index contributed by atoms with van der Waals surface area (Å²) < 4.78 is 49.4. The van der Waals surface area contributed by atoms with E-state index in [9.17, 15) is 5.26 Å². The van der Waals surface area contributed by atoms with Gasteiger partial charge in [0, 0.05) is 25.1 Å². The maximum Gasteiger partial charge on any atom is 0.259 e. The molecule has 3 aromatic rings. The van der Waals surface area contributed by atoms with Crippen molar-refractivity contribution in [3.8, 4) is 17.6 Å². The second-order valence-electron chi connectivity index (χ2n) is 13.3. The van der Waals surface area contributed by atoms with Crippen molar-refractivity contribution in [1.29, 1.82) is 5.26 Å². The predicted octanol–water partition coefficient (Wildman–Crippen LogP) is 10.5. The maximum absolute atomic E-state index is 9.23. The summed E-state index contributed by atoms with van der Waals surface area (Å²) in [7, 11) is -1.55. The molecule has 4 unspecified atom stereocenters. The van der Waals surface area contributed by atoms with Gasteiger partial charge in [0.05, 0.1) is 46.4 Å². The second-order valence-corrected chi connectivity index (χ2v) is 14.7. The standard InChI is InChI=1S/C45H57N2O6P/c1-7-9-11-16-31-48-41-25-21-39(22-26-41)45(38-19-14-13-15-20-38,40-23-27-42(28-24-40)49-32-17-12-10-8-2)51-35-44-43(29-34-50-44)53-54(52-33-18-30-46)47(36(3)4)37(5)6/h7-15,19-28,36-37,43-44H,1-2,16-18,29,31-35H2,3-6H3/b11-9+,12-10+/i34T. The van der Waals surface area contributed by atoms with Gasteiger partial charge in [-0.3, -0.25) is 0 Å². The van der Waals surface area contributed by atoms with E-state index in [0.29, 0.717) is 19.6 Å². The number of hydrogen-bond acceptors (Lipinski definition) is 8. The molecule has 1 aliphatic rings. The molecule has 54 heavy (non-hydrogen) atoms. The molecule has 3 aromatic carbocycles. The molecule has 1 heterocycles. The fraction of sp³-hybridized carbons (Fsp3) is 0.400. The van der Waals surface area contributed by atoms with Gasteiger partial charge in [0.1, 0.15) is 23.2 Å². The van der Waals surface area contributed by atoms with Crippen LogP contribution in [0.3, 0.4) is 0 Å². The molecule has 8 nitrogen and oxygen atoms in total. The van der Waals surface area contributed by atoms with Gasteiger partial charge in [-0.25, -0.2) is 4.67 Å². The van der Waals surface area contributed by atoms with E-state index in [4.69, 9.17) is 29.4 Å². The Kier molecular flexibility index (Phi) is 17.5. The molecule has 1 aliphatic heterocycles. The molecule has 0 aliphatic carbocycles. The van der Waals surface area contributed by atoms with E-state index in [1.165, 1.54) is 0 Å². The second kappa shape index (κ2) is 23.0. The van der Waals surface area contributed by atoms with Gasteiger partial charge >= 0.3 is 0 Å². The quantitative estimate of drug-likeness (QED) is 0.0387. The van der Waals surface area contributed by atoms with Crippen molar-refractivity contribution >= 4 is 8.53 Å². The van der Waals surface area contributed by atoms with E-state index in [-0.39, 0.29) is 31.7 Å². The summed E-state index contributed by atoms with van der Waals surface area (Å²) in [6.07, 6.45) is 12.5. The summed E-state index contributed by atoms with van der Waals surface area (Å²) in [6, 6.07) is 28.6. The van der Waals surface area contributed by atoms with Crippen LogP contribution in [0.15, 0.2) is 128 Å². The highest BCUT2D eigenvalue weighted by atomic mass is 31.2. The lowest BCUT2D eigenvalue weighted by Gasteiger charge is -2.39. The summed E-state index contributed by atoms with van der Waals surface area (Å²) in [5.41, 5.74) is 1.63. The number of hydrogen-bond donors (Lipinski definition) is 0. The van der Waals surface area contributed by atoms with Crippen molar-refractivity contribution in [3.63, 3.8) is 0 Å². The van der Waals surface area contributed by atoms with Gasteiger partial charge in [0.2, 0.25) is 0 Å². The zero-order valence-corrected chi connectivity index (χ0v) is 33.1. The maximum atomic E-state index is 9.23. The van der Waals surface area contributed by atoms with Gasteiger partial charge in [0.15, 0.2) is 0 Å². The van der Waals surface area contributed by atoms with Crippen LogP contribution in [0.25, 0.3) is 0 Å². The molecule has 1 fully saturated rings. The molecule has 0 aromatic heterocycles. The van der Waals surface area contributed by atoms with E-state index >= 15 is 0 Å². The fourth-order valence-corrected chi connectivity index (χ4v) is 8.02. The van der Waals surface area contributed by atoms with E-state index in [0.717, 1.165) is 41.0 Å². The van der Waals surface area contributed by atoms with Gasteiger partial charge in [-0.15, -0.1) is 0 Å². The van der Waals surface area contributed by atoms with Crippen molar-refractivity contribution < 1.29 is 29.4 Å². The van der Waals surface area contributed by atoms with Crippen LogP contribution in [0.2, 0.25) is 0 Å². The third-order valence-corrected chi connectivity index (χ3v) is 10.9. The van der Waals surface area contributed by atoms with Crippen LogP contribution in [-0.2, 0) is 24.1 Å². The first-order valence-corrected chi connectivity index (χ1v) is 19.9. The summed E-state index contributed by atoms with van der Waals surface area (Å²) in [4.78, 5) is 0. The van der Waals surface area contributed by atoms with Crippen molar-refractivity contribution in [1.82, 2.24) is 4.67 Å². The van der Waals surface area contributed by atoms with E-state index in [1.807, 2.05) is 91.0 Å². The third kappa shape index (κ3) is 12.2. The zero-order valence-electron chi connectivity index (χ0n) is 33.2. The summed E-state index contributed by atoms with van der Waals surface area (Å²) >= 11 is 0. The highest BCUT2D eigenvalue weighted by Crippen LogP contribution is 2.49. The monoisotopic (exact) mass is 754 g/mol. The Bertz CT molecular complexity index is 1600. The van der Waals surface area contributed by atoms with Crippen LogP contribution in [0.1, 0.15) is 71.4 Å². The van der Waals surface area contributed by atoms with Crippen LogP contribution < -0.4 is 9.47 Å². The number of allylic oxidation sites excluding steroid dienone is 4. The Hall–Kier alpha value is -4.06. The number of nitrogens with zero attached hydrogens (tertiary/aromatic N) is 2. The van der Waals surface area contributed by atoms with Crippen molar-refractivity contribution in [2.24, 2.45) is 0 Å². The van der Waals surface area contributed by atoms with Gasteiger partial charge < -0.3 is 28.0 Å². The smallest absolute Gasteiger partial charge is 0.259 e. The summed E-state index contributed by atoms with van der Waals surface area (Å²) in [6.45, 7) is 16.5. The third-order valence-electron chi connectivity index (χ3n) is 8.72. The molecule has 9 heteroatoms. The molecule has 0 radical (unpaired) electrons. The van der Waals surface area contributed by atoms with E-state index in [1.54, 1.807) is 12.2 Å². The van der Waals surface area contributed by atoms with Crippen LogP contribution in [0, 0.1) is 11.3 Å². The van der Waals surface area contributed by atoms with Crippen molar-refractivity contribution in [3.05, 3.63) is 145 Å². The Balaban J connectivity index is 1.71. The molecule has 1 saturated heterocycles. The van der Waals surface area contributed by atoms with Gasteiger partial charge in [-0.05, 0) is 81.5 Å². The molecular formula is C45H57N2O6P. The lowest BCUT2D eigenvalue weighted by Crippen LogP contribution is -2.39. The largest absolute Gasteiger partial charge is 0.493 e. The fourth-order valence-electron chi connectivity index (χ4n) is 6.26. The topological polar surface area (TPSA) is 82.4 Å². The summed E-state index contributed by atoms with van der Waals surface area (Å²) in [5, 5.41) is 9.23. The molecule has 0 amide bonds. The van der Waals surface area contributed by atoms with Crippen LogP contribution in [0.5, 0.6) is 11.5 Å². The summed E-state index contributed by atoms with van der Waals surface area (Å²) in [5.74, 6) is 1.50. The number of nitriles is 1. The molecule has 0 bridgehead atoms. The molecule has 0 N–H and O–H groups in total. The number of ether oxygens (including phenoxy) is 4. The highest BCUT2D eigenvalue weighted by molar-refractivity contribution is 7.44. The Morgan fingerprint density at radius 2 is 1.39 bits per heavy atom. The Morgan fingerprint density at radius 1 is 0.852 bits per heavy atom. The van der Waals surface area contributed by atoms with E-state index < -0.39 is 32.9 Å². The highest BCUT2D eigenvalue weighted by Gasteiger charge is 2.42. The zero-order chi connectivity index (χ0) is 39.5. The molecule has 0 saturated carbocycles. The lowest BCUT2D eigenvalue weighted by atomic mass is 9.80. The average molecular weight is 755 g/mol. The van der Waals surface area contributed by atoms with Crippen LogP contribution in [-0.4, -0.2) is 62.0 Å². The normalized spacial score (nSPS) is 18.3. The first kappa shape index (κ1) is 41.1. The average Bonchev–Trinajstić information content (AvgIpc) is 3.54. The van der Waals surface area contributed by atoms with Gasteiger partial charge in [0.25, 0.3) is 8.53 Å². The van der Waals surface area contributed by atoms with E-state index in [2.05, 4.69) is 63.7 Å². The van der Waals surface area contributed by atoms with Gasteiger partial charge in [-0.1, -0.05) is 104 Å². The van der Waals surface area contributed by atoms with Crippen LogP contribution >= 0.6 is 8.53 Å².